The second kappa shape index (κ2) is 5.50. The van der Waals surface area contributed by atoms with Crippen LogP contribution >= 0.6 is 0 Å². The van der Waals surface area contributed by atoms with Crippen LogP contribution < -0.4 is 0 Å². The molecule has 0 aliphatic heterocycles. The van der Waals surface area contributed by atoms with Gasteiger partial charge in [-0.05, 0) is 51.2 Å². The zero-order valence-corrected chi connectivity index (χ0v) is 12.2. The molecule has 0 saturated heterocycles. The molecule has 0 spiro atoms. The van der Waals surface area contributed by atoms with E-state index in [4.69, 9.17) is 0 Å². The van der Waals surface area contributed by atoms with Crippen molar-refractivity contribution < 1.29 is 0 Å². The number of fused-ring (bicyclic) bond motifs is 1. The predicted molar refractivity (Wildman–Crippen MR) is 93.7 cm³/mol. The summed E-state index contributed by atoms with van der Waals surface area (Å²) in [6, 6.07) is 35.0. The lowest BCUT2D eigenvalue weighted by atomic mass is 9.95. The van der Waals surface area contributed by atoms with Gasteiger partial charge in [0, 0.05) is 0 Å². The van der Waals surface area contributed by atoms with Crippen LogP contribution in [0.5, 0.6) is 0 Å². The summed E-state index contributed by atoms with van der Waals surface area (Å²) in [5, 5.41) is 2.50. The molecule has 0 fully saturated rings. The quantitative estimate of drug-likeness (QED) is 0.424. The molecular formula is C22H15. The van der Waals surface area contributed by atoms with Crippen LogP contribution in [0.3, 0.4) is 0 Å². The van der Waals surface area contributed by atoms with E-state index in [0.29, 0.717) is 0 Å². The van der Waals surface area contributed by atoms with Crippen LogP contribution in [0.2, 0.25) is 0 Å². The molecule has 0 amide bonds. The molecule has 0 nitrogen and oxygen atoms in total. The van der Waals surface area contributed by atoms with Crippen molar-refractivity contribution >= 4 is 10.8 Å². The maximum absolute atomic E-state index is 3.15. The van der Waals surface area contributed by atoms with Gasteiger partial charge in [0.15, 0.2) is 0 Å². The van der Waals surface area contributed by atoms with E-state index in [2.05, 4.69) is 84.9 Å². The van der Waals surface area contributed by atoms with Crippen LogP contribution in [0.25, 0.3) is 33.0 Å². The molecule has 4 rings (SSSR count). The Morgan fingerprint density at radius 2 is 1.36 bits per heavy atom. The number of rotatable bonds is 2. The zero-order valence-electron chi connectivity index (χ0n) is 12.2. The molecule has 0 aliphatic rings. The van der Waals surface area contributed by atoms with E-state index in [1.165, 1.54) is 33.0 Å². The van der Waals surface area contributed by atoms with Crippen molar-refractivity contribution in [2.24, 2.45) is 0 Å². The minimum Gasteiger partial charge on any atom is -0.0622 e. The molecular weight excluding hydrogens is 264 g/mol. The normalized spacial score (nSPS) is 10.7. The second-order valence-corrected chi connectivity index (χ2v) is 5.40. The molecule has 103 valence electrons. The van der Waals surface area contributed by atoms with Crippen molar-refractivity contribution in [1.82, 2.24) is 0 Å². The van der Waals surface area contributed by atoms with E-state index in [-0.39, 0.29) is 0 Å². The molecule has 0 unspecified atom stereocenters. The van der Waals surface area contributed by atoms with Crippen molar-refractivity contribution in [3.63, 3.8) is 0 Å². The third kappa shape index (κ3) is 2.29. The van der Waals surface area contributed by atoms with Gasteiger partial charge in [0.05, 0.1) is 0 Å². The summed E-state index contributed by atoms with van der Waals surface area (Å²) in [4.78, 5) is 0. The van der Waals surface area contributed by atoms with Crippen molar-refractivity contribution in [3.8, 4) is 22.3 Å². The highest BCUT2D eigenvalue weighted by molar-refractivity contribution is 5.97. The molecule has 0 saturated carbocycles. The fourth-order valence-corrected chi connectivity index (χ4v) is 2.91. The first-order valence-corrected chi connectivity index (χ1v) is 7.46. The van der Waals surface area contributed by atoms with Gasteiger partial charge in [0.25, 0.3) is 0 Å². The Bertz CT molecular complexity index is 915. The molecule has 4 aromatic rings. The van der Waals surface area contributed by atoms with E-state index in [1.54, 1.807) is 0 Å². The second-order valence-electron chi connectivity index (χ2n) is 5.40. The molecule has 22 heavy (non-hydrogen) atoms. The van der Waals surface area contributed by atoms with Crippen molar-refractivity contribution in [2.75, 3.05) is 0 Å². The summed E-state index contributed by atoms with van der Waals surface area (Å²) in [5.41, 5.74) is 5.01. The molecule has 0 N–H and O–H groups in total. The zero-order chi connectivity index (χ0) is 14.8. The number of benzene rings is 4. The van der Waals surface area contributed by atoms with Gasteiger partial charge in [-0.25, -0.2) is 0 Å². The van der Waals surface area contributed by atoms with Crippen LogP contribution in [-0.2, 0) is 0 Å². The van der Waals surface area contributed by atoms with Gasteiger partial charge in [-0.15, -0.1) is 0 Å². The first kappa shape index (κ1) is 12.8. The molecule has 4 aromatic carbocycles. The van der Waals surface area contributed by atoms with E-state index in [0.717, 1.165) is 0 Å². The molecule has 1 radical (unpaired) electrons. The van der Waals surface area contributed by atoms with Crippen molar-refractivity contribution in [1.29, 1.82) is 0 Å². The first-order valence-electron chi connectivity index (χ1n) is 7.46. The Hall–Kier alpha value is -2.86. The fourth-order valence-electron chi connectivity index (χ4n) is 2.91. The monoisotopic (exact) mass is 279 g/mol. The minimum absolute atomic E-state index is 1.23. The Morgan fingerprint density at radius 3 is 2.27 bits per heavy atom. The maximum atomic E-state index is 3.15. The highest BCUT2D eigenvalue weighted by Crippen LogP contribution is 2.31. The lowest BCUT2D eigenvalue weighted by Crippen LogP contribution is -1.83. The van der Waals surface area contributed by atoms with Crippen LogP contribution in [0.15, 0.2) is 91.0 Å². The van der Waals surface area contributed by atoms with Crippen LogP contribution in [0, 0.1) is 6.07 Å². The lowest BCUT2D eigenvalue weighted by Gasteiger charge is -2.09. The third-order valence-electron chi connectivity index (χ3n) is 4.01. The highest BCUT2D eigenvalue weighted by atomic mass is 14.1. The summed E-state index contributed by atoms with van der Waals surface area (Å²) in [5.74, 6) is 0. The van der Waals surface area contributed by atoms with E-state index < -0.39 is 0 Å². The Morgan fingerprint density at radius 1 is 0.591 bits per heavy atom. The molecule has 0 bridgehead atoms. The Labute approximate surface area is 130 Å². The van der Waals surface area contributed by atoms with E-state index >= 15 is 0 Å². The average molecular weight is 279 g/mol. The van der Waals surface area contributed by atoms with Crippen LogP contribution in [-0.4, -0.2) is 0 Å². The molecule has 0 aliphatic carbocycles. The maximum Gasteiger partial charge on any atom is -0.0105 e. The Balaban J connectivity index is 1.89. The average Bonchev–Trinajstić information content (AvgIpc) is 2.62. The molecule has 0 heteroatoms. The predicted octanol–water partition coefficient (Wildman–Crippen LogP) is 5.97. The van der Waals surface area contributed by atoms with Gasteiger partial charge >= 0.3 is 0 Å². The lowest BCUT2D eigenvalue weighted by molar-refractivity contribution is 1.60. The minimum atomic E-state index is 1.23. The fraction of sp³-hybridized carbons (Fsp3) is 0. The first-order chi connectivity index (χ1) is 10.9. The topological polar surface area (TPSA) is 0 Å². The van der Waals surface area contributed by atoms with Gasteiger partial charge in [-0.2, -0.15) is 0 Å². The standard InChI is InChI=1S/C22H15/c1-2-8-17(9-3-1)19-12-6-13-20(16-19)22-15-7-11-18-10-4-5-14-21(18)22/h1-3,5-16H. The van der Waals surface area contributed by atoms with Gasteiger partial charge in [-0.3, -0.25) is 0 Å². The number of hydrogen-bond donors (Lipinski definition) is 0. The highest BCUT2D eigenvalue weighted by Gasteiger charge is 2.05. The molecule has 0 aromatic heterocycles. The van der Waals surface area contributed by atoms with Crippen molar-refractivity contribution in [2.45, 2.75) is 0 Å². The van der Waals surface area contributed by atoms with Crippen molar-refractivity contribution in [3.05, 3.63) is 97.1 Å². The molecule has 0 heterocycles. The van der Waals surface area contributed by atoms with E-state index in [9.17, 15) is 0 Å². The largest absolute Gasteiger partial charge is 0.0622 e. The van der Waals surface area contributed by atoms with Gasteiger partial charge in [0.1, 0.15) is 0 Å². The van der Waals surface area contributed by atoms with Crippen LogP contribution in [0.4, 0.5) is 0 Å². The summed E-state index contributed by atoms with van der Waals surface area (Å²) < 4.78 is 0. The summed E-state index contributed by atoms with van der Waals surface area (Å²) in [6.45, 7) is 0. The summed E-state index contributed by atoms with van der Waals surface area (Å²) in [7, 11) is 0. The molecule has 0 atom stereocenters. The van der Waals surface area contributed by atoms with Crippen LogP contribution in [0.1, 0.15) is 0 Å². The summed E-state index contributed by atoms with van der Waals surface area (Å²) >= 11 is 0. The number of hydrogen-bond acceptors (Lipinski definition) is 0. The summed E-state index contributed by atoms with van der Waals surface area (Å²) in [6.07, 6.45) is 0. The van der Waals surface area contributed by atoms with E-state index in [1.807, 2.05) is 12.1 Å². The SMILES string of the molecule is [c]1ccc2c(-c3cccc(-c4ccccc4)c3)cccc2c1. The smallest absolute Gasteiger partial charge is 0.0105 e. The third-order valence-corrected chi connectivity index (χ3v) is 4.01. The van der Waals surface area contributed by atoms with Gasteiger partial charge < -0.3 is 0 Å². The van der Waals surface area contributed by atoms with Gasteiger partial charge in [-0.1, -0.05) is 78.9 Å². The van der Waals surface area contributed by atoms with Gasteiger partial charge in [0.2, 0.25) is 0 Å². The Kier molecular flexibility index (Phi) is 3.21.